The van der Waals surface area contributed by atoms with Gasteiger partial charge in [0.2, 0.25) is 5.91 Å². The Bertz CT molecular complexity index is 815. The summed E-state index contributed by atoms with van der Waals surface area (Å²) in [6.07, 6.45) is 7.40. The van der Waals surface area contributed by atoms with Gasteiger partial charge >= 0.3 is 0 Å². The van der Waals surface area contributed by atoms with Crippen molar-refractivity contribution >= 4 is 27.5 Å². The summed E-state index contributed by atoms with van der Waals surface area (Å²) in [7, 11) is 0. The minimum atomic E-state index is -0.246. The summed E-state index contributed by atoms with van der Waals surface area (Å²) in [5, 5.41) is 7.85. The number of likely N-dealkylation sites (tertiary alicyclic amines) is 1. The van der Waals surface area contributed by atoms with Gasteiger partial charge in [-0.3, -0.25) is 9.59 Å². The number of fused-ring (bicyclic) bond motifs is 2. The van der Waals surface area contributed by atoms with E-state index in [0.717, 1.165) is 49.9 Å². The molecule has 0 aromatic carbocycles. The maximum atomic E-state index is 12.8. The number of hydrogen-bond acceptors (Lipinski definition) is 4. The molecule has 1 saturated heterocycles. The lowest BCUT2D eigenvalue weighted by atomic mass is 9.45. The lowest BCUT2D eigenvalue weighted by Gasteiger charge is -2.62. The number of aromatic nitrogens is 2. The van der Waals surface area contributed by atoms with Crippen LogP contribution in [0.5, 0.6) is 0 Å². The Labute approximate surface area is 175 Å². The number of piperidine rings is 1. The van der Waals surface area contributed by atoms with Crippen molar-refractivity contribution in [2.45, 2.75) is 65.5 Å². The number of carbonyl (C=O) groups is 1. The van der Waals surface area contributed by atoms with Gasteiger partial charge in [0, 0.05) is 19.1 Å². The molecule has 3 aliphatic carbocycles. The fourth-order valence-corrected chi connectivity index (χ4v) is 6.01. The van der Waals surface area contributed by atoms with E-state index in [4.69, 9.17) is 0 Å². The van der Waals surface area contributed by atoms with E-state index in [-0.39, 0.29) is 18.0 Å². The summed E-state index contributed by atoms with van der Waals surface area (Å²) in [6, 6.07) is 0.361. The summed E-state index contributed by atoms with van der Waals surface area (Å²) in [6.45, 7) is 8.67. The second kappa shape index (κ2) is 7.47. The van der Waals surface area contributed by atoms with E-state index in [2.05, 4.69) is 47.1 Å². The number of carbonyl (C=O) groups excluding carboxylic acids is 1. The highest BCUT2D eigenvalue weighted by molar-refractivity contribution is 9.10. The number of nitrogens with zero attached hydrogens (tertiary/aromatic N) is 3. The molecule has 7 heteroatoms. The van der Waals surface area contributed by atoms with Crippen molar-refractivity contribution in [3.05, 3.63) is 21.0 Å². The van der Waals surface area contributed by atoms with Gasteiger partial charge in [-0.25, -0.2) is 4.68 Å². The first-order valence-corrected chi connectivity index (χ1v) is 11.4. The average Bonchev–Trinajstić information content (AvgIpc) is 2.69. The number of rotatable bonds is 4. The molecule has 2 bridgehead atoms. The summed E-state index contributed by atoms with van der Waals surface area (Å²) < 4.78 is 1.75. The predicted molar refractivity (Wildman–Crippen MR) is 113 cm³/mol. The highest BCUT2D eigenvalue weighted by Gasteiger charge is 2.56. The van der Waals surface area contributed by atoms with Crippen LogP contribution in [0.2, 0.25) is 0 Å². The maximum Gasteiger partial charge on any atom is 0.283 e. The highest BCUT2D eigenvalue weighted by Crippen LogP contribution is 2.61. The van der Waals surface area contributed by atoms with Gasteiger partial charge in [-0.2, -0.15) is 5.10 Å². The van der Waals surface area contributed by atoms with Crippen molar-refractivity contribution in [2.24, 2.45) is 23.2 Å². The largest absolute Gasteiger partial charge is 0.380 e. The van der Waals surface area contributed by atoms with E-state index in [0.29, 0.717) is 21.8 Å². The molecule has 1 aromatic heterocycles. The maximum absolute atomic E-state index is 12.8. The topological polar surface area (TPSA) is 67.2 Å². The predicted octanol–water partition coefficient (Wildman–Crippen LogP) is 3.50. The van der Waals surface area contributed by atoms with Crippen molar-refractivity contribution < 1.29 is 4.79 Å². The van der Waals surface area contributed by atoms with E-state index in [1.807, 2.05) is 4.90 Å². The molecular formula is C21H31BrN4O2. The Morgan fingerprint density at radius 3 is 2.64 bits per heavy atom. The van der Waals surface area contributed by atoms with Crippen LogP contribution >= 0.6 is 15.9 Å². The number of halogens is 1. The summed E-state index contributed by atoms with van der Waals surface area (Å²) in [5.74, 6) is 2.03. The van der Waals surface area contributed by atoms with Crippen LogP contribution in [-0.2, 0) is 11.3 Å². The Kier molecular flexibility index (Phi) is 5.31. The first kappa shape index (κ1) is 19.9. The van der Waals surface area contributed by atoms with Gasteiger partial charge in [0.05, 0.1) is 11.9 Å². The third-order valence-electron chi connectivity index (χ3n) is 7.67. The molecule has 5 rings (SSSR count). The zero-order valence-corrected chi connectivity index (χ0v) is 18.7. The van der Waals surface area contributed by atoms with E-state index in [1.54, 1.807) is 6.20 Å². The van der Waals surface area contributed by atoms with Crippen molar-refractivity contribution in [3.63, 3.8) is 0 Å². The SMILES string of the molecule is C[C@@H]1[C@H]2C[C@@H](C[C@H]1Nc1cnn(CC(=O)N3CCCCC3)c(=O)c1Br)C2(C)C. The fraction of sp³-hybridized carbons (Fsp3) is 0.762. The quantitative estimate of drug-likeness (QED) is 0.761. The van der Waals surface area contributed by atoms with Gasteiger partial charge < -0.3 is 10.2 Å². The molecule has 1 N–H and O–H groups in total. The number of anilines is 1. The summed E-state index contributed by atoms with van der Waals surface area (Å²) in [4.78, 5) is 27.1. The molecule has 3 saturated carbocycles. The zero-order chi connectivity index (χ0) is 20.1. The molecule has 4 fully saturated rings. The Balaban J connectivity index is 1.45. The lowest BCUT2D eigenvalue weighted by molar-refractivity contribution is -0.133. The van der Waals surface area contributed by atoms with Crippen LogP contribution in [0, 0.1) is 23.2 Å². The average molecular weight is 451 g/mol. The minimum Gasteiger partial charge on any atom is -0.380 e. The van der Waals surface area contributed by atoms with Gasteiger partial charge in [0.1, 0.15) is 11.0 Å². The number of amides is 1. The zero-order valence-electron chi connectivity index (χ0n) is 17.1. The molecule has 1 aromatic rings. The van der Waals surface area contributed by atoms with E-state index in [9.17, 15) is 9.59 Å². The molecule has 4 aliphatic rings. The third kappa shape index (κ3) is 3.40. The molecule has 2 heterocycles. The van der Waals surface area contributed by atoms with Gasteiger partial charge in [-0.1, -0.05) is 20.8 Å². The lowest BCUT2D eigenvalue weighted by Crippen LogP contribution is -2.58. The van der Waals surface area contributed by atoms with Crippen LogP contribution in [0.3, 0.4) is 0 Å². The van der Waals surface area contributed by atoms with Crippen LogP contribution in [0.4, 0.5) is 5.69 Å². The molecule has 28 heavy (non-hydrogen) atoms. The first-order chi connectivity index (χ1) is 13.3. The van der Waals surface area contributed by atoms with Gasteiger partial charge in [-0.15, -0.1) is 0 Å². The second-order valence-electron chi connectivity index (χ2n) is 9.48. The van der Waals surface area contributed by atoms with Crippen molar-refractivity contribution in [3.8, 4) is 0 Å². The van der Waals surface area contributed by atoms with Crippen molar-refractivity contribution in [1.82, 2.24) is 14.7 Å². The van der Waals surface area contributed by atoms with Crippen LogP contribution < -0.4 is 10.9 Å². The van der Waals surface area contributed by atoms with Crippen LogP contribution in [0.15, 0.2) is 15.5 Å². The smallest absolute Gasteiger partial charge is 0.283 e. The third-order valence-corrected chi connectivity index (χ3v) is 8.44. The monoisotopic (exact) mass is 450 g/mol. The van der Waals surface area contributed by atoms with E-state index < -0.39 is 0 Å². The minimum absolute atomic E-state index is 0.00980. The summed E-state index contributed by atoms with van der Waals surface area (Å²) >= 11 is 3.45. The molecule has 1 aliphatic heterocycles. The number of nitrogens with one attached hydrogen (secondary N) is 1. The molecule has 1 amide bonds. The molecule has 0 radical (unpaired) electrons. The van der Waals surface area contributed by atoms with E-state index in [1.165, 1.54) is 17.5 Å². The van der Waals surface area contributed by atoms with Crippen LogP contribution in [0.25, 0.3) is 0 Å². The standard InChI is InChI=1S/C21H31BrN4O2/c1-13-15-9-14(21(15,2)3)10-16(13)24-17-11-23-26(20(28)19(17)22)12-18(27)25-7-5-4-6-8-25/h11,13-16,24H,4-10,12H2,1-3H3/t13-,14+,15-,16-/m1/s1. The van der Waals surface area contributed by atoms with Gasteiger partial charge in [0.25, 0.3) is 5.56 Å². The van der Waals surface area contributed by atoms with Crippen molar-refractivity contribution in [2.75, 3.05) is 18.4 Å². The second-order valence-corrected chi connectivity index (χ2v) is 10.3. The molecule has 0 unspecified atom stereocenters. The Morgan fingerprint density at radius 2 is 2.00 bits per heavy atom. The number of hydrogen-bond donors (Lipinski definition) is 1. The Hall–Kier alpha value is -1.37. The first-order valence-electron chi connectivity index (χ1n) is 10.6. The van der Waals surface area contributed by atoms with Gasteiger partial charge in [0.15, 0.2) is 0 Å². The van der Waals surface area contributed by atoms with Crippen molar-refractivity contribution in [1.29, 1.82) is 0 Å². The molecule has 6 nitrogen and oxygen atoms in total. The molecular weight excluding hydrogens is 420 g/mol. The highest BCUT2D eigenvalue weighted by atomic mass is 79.9. The van der Waals surface area contributed by atoms with Gasteiger partial charge in [-0.05, 0) is 71.2 Å². The summed E-state index contributed by atoms with van der Waals surface area (Å²) in [5.41, 5.74) is 0.928. The fourth-order valence-electron chi connectivity index (χ4n) is 5.59. The van der Waals surface area contributed by atoms with Crippen LogP contribution in [0.1, 0.15) is 52.9 Å². The van der Waals surface area contributed by atoms with Crippen LogP contribution in [-0.4, -0.2) is 39.7 Å². The normalized spacial score (nSPS) is 31.2. The molecule has 154 valence electrons. The molecule has 0 spiro atoms. The van der Waals surface area contributed by atoms with E-state index >= 15 is 0 Å². The molecule has 4 atom stereocenters. The Morgan fingerprint density at radius 1 is 1.29 bits per heavy atom.